The first-order valence-electron chi connectivity index (χ1n) is 9.43. The van der Waals surface area contributed by atoms with E-state index in [1.54, 1.807) is 25.2 Å². The van der Waals surface area contributed by atoms with Crippen molar-refractivity contribution in [2.24, 2.45) is 0 Å². The maximum absolute atomic E-state index is 12.3. The van der Waals surface area contributed by atoms with E-state index >= 15 is 0 Å². The highest BCUT2D eigenvalue weighted by atomic mass is 32.2. The van der Waals surface area contributed by atoms with E-state index in [4.69, 9.17) is 5.41 Å². The average molecular weight is 426 g/mol. The van der Waals surface area contributed by atoms with Crippen LogP contribution in [0.25, 0.3) is 16.7 Å². The molecule has 1 atom stereocenters. The van der Waals surface area contributed by atoms with Crippen LogP contribution in [0.3, 0.4) is 0 Å². The fourth-order valence-corrected chi connectivity index (χ4v) is 4.47. The SMILES string of the molecule is Cc1nc2ccc(S(C)(=O)=O)cc2n1-c1cccc([C@]2(C)CC(=O)N(C)C(=N)N2)c1. The molecule has 0 bridgehead atoms. The molecule has 0 radical (unpaired) electrons. The number of nitrogens with zero attached hydrogens (tertiary/aromatic N) is 3. The topological polar surface area (TPSA) is 108 Å². The van der Waals surface area contributed by atoms with Crippen LogP contribution >= 0.6 is 0 Å². The Kier molecular flexibility index (Phi) is 4.46. The van der Waals surface area contributed by atoms with Gasteiger partial charge < -0.3 is 5.32 Å². The molecule has 3 aromatic rings. The number of imidazole rings is 1. The summed E-state index contributed by atoms with van der Waals surface area (Å²) in [4.78, 5) is 18.4. The number of amides is 1. The Balaban J connectivity index is 1.85. The first-order chi connectivity index (χ1) is 14.0. The molecule has 0 saturated carbocycles. The summed E-state index contributed by atoms with van der Waals surface area (Å²) in [7, 11) is -1.78. The molecule has 30 heavy (non-hydrogen) atoms. The zero-order chi connectivity index (χ0) is 21.8. The van der Waals surface area contributed by atoms with E-state index in [2.05, 4.69) is 10.3 Å². The monoisotopic (exact) mass is 425 g/mol. The third kappa shape index (κ3) is 3.24. The first-order valence-corrected chi connectivity index (χ1v) is 11.3. The van der Waals surface area contributed by atoms with Gasteiger partial charge in [0.05, 0.1) is 27.9 Å². The maximum Gasteiger partial charge on any atom is 0.231 e. The Morgan fingerprint density at radius 2 is 1.93 bits per heavy atom. The van der Waals surface area contributed by atoms with Crippen LogP contribution in [0.1, 0.15) is 24.7 Å². The lowest BCUT2D eigenvalue weighted by molar-refractivity contribution is -0.129. The van der Waals surface area contributed by atoms with Crippen molar-refractivity contribution in [1.82, 2.24) is 19.8 Å². The average Bonchev–Trinajstić information content (AvgIpc) is 3.00. The zero-order valence-corrected chi connectivity index (χ0v) is 18.0. The van der Waals surface area contributed by atoms with Crippen molar-refractivity contribution < 1.29 is 13.2 Å². The highest BCUT2D eigenvalue weighted by molar-refractivity contribution is 7.90. The number of guanidine groups is 1. The smallest absolute Gasteiger partial charge is 0.231 e. The number of sulfone groups is 1. The summed E-state index contributed by atoms with van der Waals surface area (Å²) in [5, 5.41) is 11.2. The van der Waals surface area contributed by atoms with Crippen molar-refractivity contribution in [3.8, 4) is 5.69 Å². The van der Waals surface area contributed by atoms with Crippen LogP contribution in [0.5, 0.6) is 0 Å². The molecule has 1 fully saturated rings. The summed E-state index contributed by atoms with van der Waals surface area (Å²) in [5.41, 5.74) is 2.33. The summed E-state index contributed by atoms with van der Waals surface area (Å²) in [6, 6.07) is 12.6. The molecule has 2 heterocycles. The largest absolute Gasteiger partial charge is 0.346 e. The van der Waals surface area contributed by atoms with Gasteiger partial charge in [0.15, 0.2) is 15.8 Å². The molecule has 4 rings (SSSR count). The van der Waals surface area contributed by atoms with Crippen LogP contribution < -0.4 is 5.32 Å². The molecule has 156 valence electrons. The fourth-order valence-electron chi connectivity index (χ4n) is 3.83. The van der Waals surface area contributed by atoms with Crippen molar-refractivity contribution in [2.45, 2.75) is 30.7 Å². The van der Waals surface area contributed by atoms with Crippen molar-refractivity contribution in [1.29, 1.82) is 5.41 Å². The minimum absolute atomic E-state index is 0.0567. The van der Waals surface area contributed by atoms with Crippen LogP contribution in [0.15, 0.2) is 47.4 Å². The maximum atomic E-state index is 12.3. The van der Waals surface area contributed by atoms with E-state index in [1.165, 1.54) is 11.2 Å². The van der Waals surface area contributed by atoms with Crippen molar-refractivity contribution in [3.05, 3.63) is 53.9 Å². The second-order valence-electron chi connectivity index (χ2n) is 7.90. The Morgan fingerprint density at radius 1 is 1.20 bits per heavy atom. The number of carbonyl (C=O) groups excluding carboxylic acids is 1. The second kappa shape index (κ2) is 6.66. The Hall–Kier alpha value is -3.20. The molecular formula is C21H23N5O3S. The molecule has 0 unspecified atom stereocenters. The zero-order valence-electron chi connectivity index (χ0n) is 17.2. The van der Waals surface area contributed by atoms with Crippen LogP contribution in [0, 0.1) is 12.3 Å². The lowest BCUT2D eigenvalue weighted by atomic mass is 9.86. The van der Waals surface area contributed by atoms with Crippen LogP contribution in [-0.4, -0.2) is 48.0 Å². The molecule has 1 saturated heterocycles. The van der Waals surface area contributed by atoms with Gasteiger partial charge in [-0.2, -0.15) is 0 Å². The highest BCUT2D eigenvalue weighted by Gasteiger charge is 2.38. The van der Waals surface area contributed by atoms with E-state index in [0.29, 0.717) is 11.0 Å². The number of aromatic nitrogens is 2. The number of hydrogen-bond acceptors (Lipinski definition) is 5. The summed E-state index contributed by atoms with van der Waals surface area (Å²) in [6.07, 6.45) is 1.40. The molecule has 1 aliphatic heterocycles. The lowest BCUT2D eigenvalue weighted by Crippen LogP contribution is -2.58. The van der Waals surface area contributed by atoms with Crippen molar-refractivity contribution in [3.63, 3.8) is 0 Å². The van der Waals surface area contributed by atoms with E-state index in [0.717, 1.165) is 17.1 Å². The number of benzene rings is 2. The third-order valence-corrected chi connectivity index (χ3v) is 6.68. The van der Waals surface area contributed by atoms with Crippen molar-refractivity contribution in [2.75, 3.05) is 13.3 Å². The van der Waals surface area contributed by atoms with Crippen LogP contribution in [0.4, 0.5) is 0 Å². The Morgan fingerprint density at radius 3 is 2.60 bits per heavy atom. The van der Waals surface area contributed by atoms with Gasteiger partial charge in [0.1, 0.15) is 5.82 Å². The highest BCUT2D eigenvalue weighted by Crippen LogP contribution is 2.31. The normalized spacial score (nSPS) is 19.9. The number of fused-ring (bicyclic) bond motifs is 1. The van der Waals surface area contributed by atoms with E-state index < -0.39 is 15.4 Å². The Bertz CT molecular complexity index is 1290. The first kappa shape index (κ1) is 20.1. The van der Waals surface area contributed by atoms with Gasteiger partial charge in [0.2, 0.25) is 5.91 Å². The summed E-state index contributed by atoms with van der Waals surface area (Å²) in [6.45, 7) is 3.76. The fraction of sp³-hybridized carbons (Fsp3) is 0.286. The summed E-state index contributed by atoms with van der Waals surface area (Å²) < 4.78 is 26.0. The number of nitrogens with one attached hydrogen (secondary N) is 2. The molecule has 0 aliphatic carbocycles. The van der Waals surface area contributed by atoms with E-state index in [1.807, 2.05) is 42.7 Å². The number of hydrogen-bond donors (Lipinski definition) is 2. The third-order valence-electron chi connectivity index (χ3n) is 5.57. The minimum Gasteiger partial charge on any atom is -0.346 e. The quantitative estimate of drug-likeness (QED) is 0.670. The lowest BCUT2D eigenvalue weighted by Gasteiger charge is -2.39. The standard InChI is InChI=1S/C21H23N5O3S/c1-13-23-17-9-8-16(30(4,28)29)11-18(17)26(13)15-7-5-6-14(10-15)21(2)12-19(27)25(3)20(22)24-21/h5-11H,12H2,1-4H3,(H2,22,24)/t21-/m0/s1. The van der Waals surface area contributed by atoms with Gasteiger partial charge in [-0.15, -0.1) is 0 Å². The molecule has 9 heteroatoms. The molecule has 2 N–H and O–H groups in total. The molecule has 1 amide bonds. The number of rotatable bonds is 3. The number of aryl methyl sites for hydroxylation is 1. The summed E-state index contributed by atoms with van der Waals surface area (Å²) in [5.74, 6) is 0.646. The van der Waals surface area contributed by atoms with Gasteiger partial charge in [-0.1, -0.05) is 12.1 Å². The van der Waals surface area contributed by atoms with Gasteiger partial charge in [0.25, 0.3) is 0 Å². The summed E-state index contributed by atoms with van der Waals surface area (Å²) >= 11 is 0. The minimum atomic E-state index is -3.35. The Labute approximate surface area is 175 Å². The van der Waals surface area contributed by atoms with E-state index in [9.17, 15) is 13.2 Å². The number of carbonyl (C=O) groups is 1. The predicted molar refractivity (Wildman–Crippen MR) is 115 cm³/mol. The van der Waals surface area contributed by atoms with Gasteiger partial charge in [-0.05, 0) is 49.7 Å². The molecular weight excluding hydrogens is 402 g/mol. The van der Waals surface area contributed by atoms with Gasteiger partial charge >= 0.3 is 0 Å². The second-order valence-corrected chi connectivity index (χ2v) is 9.92. The van der Waals surface area contributed by atoms with E-state index in [-0.39, 0.29) is 23.2 Å². The van der Waals surface area contributed by atoms with Crippen molar-refractivity contribution >= 4 is 32.7 Å². The predicted octanol–water partition coefficient (Wildman–Crippen LogP) is 2.34. The molecule has 1 aliphatic rings. The van der Waals surface area contributed by atoms with Gasteiger partial charge in [-0.25, -0.2) is 13.4 Å². The molecule has 1 aromatic heterocycles. The molecule has 0 spiro atoms. The molecule has 2 aromatic carbocycles. The molecule has 8 nitrogen and oxygen atoms in total. The van der Waals surface area contributed by atoms with Crippen LogP contribution in [-0.2, 0) is 20.2 Å². The van der Waals surface area contributed by atoms with Crippen LogP contribution in [0.2, 0.25) is 0 Å². The van der Waals surface area contributed by atoms with Gasteiger partial charge in [0, 0.05) is 19.0 Å². The van der Waals surface area contributed by atoms with Gasteiger partial charge in [-0.3, -0.25) is 19.7 Å².